The molecule has 1 unspecified atom stereocenters. The minimum Gasteiger partial charge on any atom is -0.405 e. The first kappa shape index (κ1) is 21.9. The highest BCUT2D eigenvalue weighted by Gasteiger charge is 2.36. The van der Waals surface area contributed by atoms with Gasteiger partial charge >= 0.3 is 6.36 Å². The molecule has 30 heavy (non-hydrogen) atoms. The Balaban J connectivity index is 1.96. The number of amides is 1. The van der Waals surface area contributed by atoms with Gasteiger partial charge < -0.3 is 20.7 Å². The number of nitrogen functional groups attached to an aromatic ring is 1. The molecule has 3 heterocycles. The molecule has 0 aliphatic carbocycles. The number of fused-ring (bicyclic) bond motifs is 1. The van der Waals surface area contributed by atoms with Gasteiger partial charge in [0.1, 0.15) is 16.7 Å². The molecule has 1 aliphatic rings. The molecular formula is C18H20ClF3N6O2. The SMILES string of the molecule is CNC(=O)CC1CN(Cc2ncc(C)c(OC(F)(F)F)c2C)c2nc(N)nc(Cl)c21. The van der Waals surface area contributed by atoms with Crippen molar-refractivity contribution in [1.29, 1.82) is 0 Å². The third-order valence-electron chi connectivity index (χ3n) is 4.86. The number of nitrogens with zero attached hydrogens (tertiary/aromatic N) is 4. The van der Waals surface area contributed by atoms with Crippen LogP contribution in [0.1, 0.15) is 34.7 Å². The summed E-state index contributed by atoms with van der Waals surface area (Å²) in [5.74, 6) is -0.384. The van der Waals surface area contributed by atoms with Crippen LogP contribution >= 0.6 is 11.6 Å². The Hall–Kier alpha value is -2.82. The number of hydrogen-bond donors (Lipinski definition) is 2. The number of anilines is 2. The number of rotatable bonds is 5. The number of nitrogens with two attached hydrogens (primary N) is 1. The van der Waals surface area contributed by atoms with E-state index in [9.17, 15) is 18.0 Å². The van der Waals surface area contributed by atoms with E-state index in [1.54, 1.807) is 4.90 Å². The molecule has 2 aromatic heterocycles. The van der Waals surface area contributed by atoms with Crippen molar-refractivity contribution in [3.63, 3.8) is 0 Å². The summed E-state index contributed by atoms with van der Waals surface area (Å²) in [6, 6.07) is 0. The van der Waals surface area contributed by atoms with E-state index in [1.807, 2.05) is 0 Å². The summed E-state index contributed by atoms with van der Waals surface area (Å²) in [6.07, 6.45) is -3.35. The maximum atomic E-state index is 12.8. The summed E-state index contributed by atoms with van der Waals surface area (Å²) >= 11 is 6.26. The lowest BCUT2D eigenvalue weighted by atomic mass is 10.0. The molecule has 1 amide bonds. The summed E-state index contributed by atoms with van der Waals surface area (Å²) in [5.41, 5.74) is 7.21. The van der Waals surface area contributed by atoms with Gasteiger partial charge in [-0.2, -0.15) is 4.98 Å². The van der Waals surface area contributed by atoms with Crippen LogP contribution in [0.25, 0.3) is 0 Å². The predicted octanol–water partition coefficient (Wildman–Crippen LogP) is 2.86. The lowest BCUT2D eigenvalue weighted by molar-refractivity contribution is -0.275. The normalized spacial score (nSPS) is 15.8. The summed E-state index contributed by atoms with van der Waals surface area (Å²) in [5, 5.41) is 2.70. The average Bonchev–Trinajstić information content (AvgIpc) is 2.97. The number of hydrogen-bond acceptors (Lipinski definition) is 7. The Morgan fingerprint density at radius 2 is 2.10 bits per heavy atom. The zero-order valence-corrected chi connectivity index (χ0v) is 17.2. The van der Waals surface area contributed by atoms with E-state index in [-0.39, 0.29) is 52.8 Å². The molecule has 2 aromatic rings. The monoisotopic (exact) mass is 444 g/mol. The molecule has 0 fully saturated rings. The fraction of sp³-hybridized carbons (Fsp3) is 0.444. The van der Waals surface area contributed by atoms with Gasteiger partial charge in [0.05, 0.1) is 12.2 Å². The maximum absolute atomic E-state index is 12.8. The van der Waals surface area contributed by atoms with Gasteiger partial charge in [-0.05, 0) is 13.8 Å². The van der Waals surface area contributed by atoms with Gasteiger partial charge in [0.25, 0.3) is 0 Å². The topological polar surface area (TPSA) is 106 Å². The van der Waals surface area contributed by atoms with Gasteiger partial charge in [-0.3, -0.25) is 9.78 Å². The summed E-state index contributed by atoms with van der Waals surface area (Å²) in [7, 11) is 1.53. The van der Waals surface area contributed by atoms with Crippen LogP contribution in [0.15, 0.2) is 6.20 Å². The molecule has 3 rings (SSSR count). The zero-order valence-electron chi connectivity index (χ0n) is 16.5. The van der Waals surface area contributed by atoms with E-state index in [1.165, 1.54) is 27.1 Å². The molecule has 0 radical (unpaired) electrons. The quantitative estimate of drug-likeness (QED) is 0.683. The molecule has 162 valence electrons. The molecule has 0 aromatic carbocycles. The smallest absolute Gasteiger partial charge is 0.405 e. The van der Waals surface area contributed by atoms with Crippen molar-refractivity contribution in [2.24, 2.45) is 0 Å². The number of carbonyl (C=O) groups is 1. The summed E-state index contributed by atoms with van der Waals surface area (Å²) < 4.78 is 42.6. The molecule has 0 bridgehead atoms. The van der Waals surface area contributed by atoms with Crippen LogP contribution in [0.5, 0.6) is 5.75 Å². The Bertz CT molecular complexity index is 985. The number of nitrogens with one attached hydrogen (secondary N) is 1. The highest BCUT2D eigenvalue weighted by atomic mass is 35.5. The van der Waals surface area contributed by atoms with Gasteiger partial charge in [0.15, 0.2) is 0 Å². The van der Waals surface area contributed by atoms with Crippen molar-refractivity contribution >= 4 is 29.3 Å². The Kier molecular flexibility index (Phi) is 5.93. The Morgan fingerprint density at radius 1 is 1.40 bits per heavy atom. The van der Waals surface area contributed by atoms with E-state index in [0.717, 1.165) is 0 Å². The number of alkyl halides is 3. The minimum absolute atomic E-state index is 0.0426. The van der Waals surface area contributed by atoms with Crippen LogP contribution in [-0.4, -0.2) is 40.8 Å². The van der Waals surface area contributed by atoms with E-state index in [0.29, 0.717) is 23.6 Å². The van der Waals surface area contributed by atoms with Gasteiger partial charge in [-0.1, -0.05) is 11.6 Å². The summed E-state index contributed by atoms with van der Waals surface area (Å²) in [4.78, 5) is 26.2. The van der Waals surface area contributed by atoms with E-state index >= 15 is 0 Å². The number of halogens is 4. The van der Waals surface area contributed by atoms with Crippen LogP contribution in [0.2, 0.25) is 5.15 Å². The molecule has 1 aliphatic heterocycles. The van der Waals surface area contributed by atoms with Crippen molar-refractivity contribution in [2.45, 2.75) is 39.1 Å². The Morgan fingerprint density at radius 3 is 2.73 bits per heavy atom. The largest absolute Gasteiger partial charge is 0.573 e. The zero-order chi connectivity index (χ0) is 22.2. The lowest BCUT2D eigenvalue weighted by Crippen LogP contribution is -2.26. The highest BCUT2D eigenvalue weighted by Crippen LogP contribution is 2.42. The van der Waals surface area contributed by atoms with Crippen LogP contribution in [0.4, 0.5) is 24.9 Å². The number of pyridine rings is 1. The van der Waals surface area contributed by atoms with Crippen molar-refractivity contribution in [1.82, 2.24) is 20.3 Å². The molecule has 0 saturated carbocycles. The van der Waals surface area contributed by atoms with E-state index in [2.05, 4.69) is 25.0 Å². The molecule has 0 saturated heterocycles. The van der Waals surface area contributed by atoms with Crippen molar-refractivity contribution in [2.75, 3.05) is 24.2 Å². The molecule has 3 N–H and O–H groups in total. The first-order valence-corrected chi connectivity index (χ1v) is 9.37. The molecule has 1 atom stereocenters. The fourth-order valence-electron chi connectivity index (χ4n) is 3.48. The second-order valence-electron chi connectivity index (χ2n) is 6.95. The van der Waals surface area contributed by atoms with E-state index < -0.39 is 6.36 Å². The van der Waals surface area contributed by atoms with Crippen LogP contribution < -0.4 is 20.7 Å². The first-order chi connectivity index (χ1) is 14.0. The van der Waals surface area contributed by atoms with Crippen LogP contribution in [0, 0.1) is 13.8 Å². The van der Waals surface area contributed by atoms with Crippen molar-refractivity contribution in [3.05, 3.63) is 33.7 Å². The second kappa shape index (κ2) is 8.13. The number of ether oxygens (including phenoxy) is 1. The lowest BCUT2D eigenvalue weighted by Gasteiger charge is -2.21. The second-order valence-corrected chi connectivity index (χ2v) is 7.31. The average molecular weight is 445 g/mol. The Labute approximate surface area is 175 Å². The van der Waals surface area contributed by atoms with Crippen LogP contribution in [-0.2, 0) is 11.3 Å². The van der Waals surface area contributed by atoms with Crippen molar-refractivity contribution in [3.8, 4) is 5.75 Å². The number of aromatic nitrogens is 3. The number of aryl methyl sites for hydroxylation is 1. The standard InChI is InChI=1S/C18H20ClF3N6O2/c1-8-5-25-11(9(2)14(8)30-18(20,21)22)7-28-6-10(4-12(29)24-3)13-15(19)26-17(23)27-16(13)28/h5,10H,4,6-7H2,1-3H3,(H,24,29)(H2,23,26,27). The van der Waals surface area contributed by atoms with Crippen LogP contribution in [0.3, 0.4) is 0 Å². The summed E-state index contributed by atoms with van der Waals surface area (Å²) in [6.45, 7) is 3.48. The molecule has 8 nitrogen and oxygen atoms in total. The third kappa shape index (κ3) is 4.50. The van der Waals surface area contributed by atoms with E-state index in [4.69, 9.17) is 17.3 Å². The third-order valence-corrected chi connectivity index (χ3v) is 5.15. The van der Waals surface area contributed by atoms with Crippen molar-refractivity contribution < 1.29 is 22.7 Å². The number of carbonyl (C=O) groups excluding carboxylic acids is 1. The maximum Gasteiger partial charge on any atom is 0.573 e. The van der Waals surface area contributed by atoms with Gasteiger partial charge in [0, 0.05) is 48.8 Å². The molecular weight excluding hydrogens is 425 g/mol. The fourth-order valence-corrected chi connectivity index (χ4v) is 3.81. The molecule has 12 heteroatoms. The van der Waals surface area contributed by atoms with Gasteiger partial charge in [-0.25, -0.2) is 4.98 Å². The predicted molar refractivity (Wildman–Crippen MR) is 104 cm³/mol. The van der Waals surface area contributed by atoms with Gasteiger partial charge in [0.2, 0.25) is 11.9 Å². The highest BCUT2D eigenvalue weighted by molar-refractivity contribution is 6.30. The first-order valence-electron chi connectivity index (χ1n) is 8.99. The minimum atomic E-state index is -4.82. The van der Waals surface area contributed by atoms with Gasteiger partial charge in [-0.15, -0.1) is 13.2 Å². The molecule has 0 spiro atoms.